The van der Waals surface area contributed by atoms with Crippen LogP contribution < -0.4 is 9.80 Å². The highest BCUT2D eigenvalue weighted by atomic mass is 19.1. The zero-order chi connectivity index (χ0) is 51.2. The van der Waals surface area contributed by atoms with Crippen LogP contribution in [0.2, 0.25) is 0 Å². The van der Waals surface area contributed by atoms with Gasteiger partial charge in [0.15, 0.2) is 0 Å². The predicted molar refractivity (Wildman–Crippen MR) is 321 cm³/mol. The second kappa shape index (κ2) is 19.2. The lowest BCUT2D eigenvalue weighted by Crippen LogP contribution is -2.12. The summed E-state index contributed by atoms with van der Waals surface area (Å²) in [5, 5.41) is 5.74. The lowest BCUT2D eigenvalue weighted by molar-refractivity contribution is 0.627. The second-order valence-corrected chi connectivity index (χ2v) is 19.4. The molecule has 14 rings (SSSR count). The minimum atomic E-state index is -0.269. The molecule has 0 amide bonds. The standard InChI is InChI=1S/C72H49FN4/c73-53-35-39-60(40-36-53)77-71(52-21-8-2-9-22-52)70(51-19-6-1-7-20-51)66-47-46-63-62(30-18-31-65(63)72(66)77)50-33-37-57(38-34-50)75(59-43-41-58(42-44-59)74(54-23-10-3-11-24-54)55-25-12-4-13-26-55)61-45-48-69-67(49-61)64-29-16-17-32-68(64)76(69)56-27-14-5-15-28-56/h1-49H. The highest BCUT2D eigenvalue weighted by Crippen LogP contribution is 2.47. The van der Waals surface area contributed by atoms with E-state index in [1.165, 1.54) is 10.8 Å². The van der Waals surface area contributed by atoms with Gasteiger partial charge in [-0.15, -0.1) is 0 Å². The normalized spacial score (nSPS) is 11.4. The Labute approximate surface area is 446 Å². The summed E-state index contributed by atoms with van der Waals surface area (Å²) in [4.78, 5) is 4.67. The van der Waals surface area contributed by atoms with Crippen molar-refractivity contribution >= 4 is 77.6 Å². The topological polar surface area (TPSA) is 16.3 Å². The van der Waals surface area contributed by atoms with E-state index < -0.39 is 0 Å². The zero-order valence-electron chi connectivity index (χ0n) is 42.0. The predicted octanol–water partition coefficient (Wildman–Crippen LogP) is 20.0. The number of hydrogen-bond acceptors (Lipinski definition) is 2. The van der Waals surface area contributed by atoms with Crippen molar-refractivity contribution in [2.75, 3.05) is 9.80 Å². The summed E-state index contributed by atoms with van der Waals surface area (Å²) in [5.41, 5.74) is 18.4. The molecule has 0 fully saturated rings. The maximum Gasteiger partial charge on any atom is 0.123 e. The first-order chi connectivity index (χ1) is 38.1. The molecule has 14 aromatic rings. The van der Waals surface area contributed by atoms with Gasteiger partial charge in [0, 0.05) is 72.6 Å². The summed E-state index contributed by atoms with van der Waals surface area (Å²) in [6.07, 6.45) is 0. The Morgan fingerprint density at radius 3 is 1.38 bits per heavy atom. The summed E-state index contributed by atoms with van der Waals surface area (Å²) in [5.74, 6) is -0.269. The molecule has 5 heteroatoms. The van der Waals surface area contributed by atoms with E-state index in [1.807, 2.05) is 12.1 Å². The van der Waals surface area contributed by atoms with Gasteiger partial charge < -0.3 is 18.9 Å². The van der Waals surface area contributed by atoms with Gasteiger partial charge in [0.1, 0.15) is 5.82 Å². The number of aromatic nitrogens is 2. The van der Waals surface area contributed by atoms with Crippen LogP contribution in [-0.2, 0) is 0 Å². The largest absolute Gasteiger partial charge is 0.311 e. The highest BCUT2D eigenvalue weighted by Gasteiger charge is 2.25. The summed E-state index contributed by atoms with van der Waals surface area (Å²) in [6, 6.07) is 104. The number of nitrogens with zero attached hydrogens (tertiary/aromatic N) is 4. The van der Waals surface area contributed by atoms with E-state index in [1.54, 1.807) is 12.1 Å². The number of hydrogen-bond donors (Lipinski definition) is 0. The van der Waals surface area contributed by atoms with E-state index in [4.69, 9.17) is 0 Å². The van der Waals surface area contributed by atoms with Gasteiger partial charge in [-0.2, -0.15) is 0 Å². The van der Waals surface area contributed by atoms with E-state index in [0.717, 1.165) is 112 Å². The number of para-hydroxylation sites is 4. The molecular weight excluding hydrogens is 940 g/mol. The van der Waals surface area contributed by atoms with Crippen LogP contribution in [0.3, 0.4) is 0 Å². The van der Waals surface area contributed by atoms with Crippen molar-refractivity contribution in [3.63, 3.8) is 0 Å². The van der Waals surface area contributed by atoms with Crippen LogP contribution in [0, 0.1) is 5.82 Å². The second-order valence-electron chi connectivity index (χ2n) is 19.4. The SMILES string of the molecule is Fc1ccc(-n2c(-c3ccccc3)c(-c3ccccc3)c3ccc4c(-c5ccc(N(c6ccc(N(c7ccccc7)c7ccccc7)cc6)c6ccc7c(c6)c6ccccc6n7-c6ccccc6)cc5)cccc4c32)cc1. The smallest absolute Gasteiger partial charge is 0.123 e. The van der Waals surface area contributed by atoms with E-state index in [2.05, 4.69) is 292 Å². The summed E-state index contributed by atoms with van der Waals surface area (Å²) < 4.78 is 19.4. The fourth-order valence-corrected chi connectivity index (χ4v) is 11.5. The fraction of sp³-hybridized carbons (Fsp3) is 0. The molecule has 77 heavy (non-hydrogen) atoms. The Balaban J connectivity index is 0.932. The quantitative estimate of drug-likeness (QED) is 0.128. The minimum Gasteiger partial charge on any atom is -0.311 e. The van der Waals surface area contributed by atoms with Gasteiger partial charge in [-0.1, -0.05) is 176 Å². The Hall–Kier alpha value is -10.2. The molecular formula is C72H49FN4. The van der Waals surface area contributed by atoms with E-state index in [0.29, 0.717) is 0 Å². The Morgan fingerprint density at radius 1 is 0.273 bits per heavy atom. The van der Waals surface area contributed by atoms with Crippen LogP contribution >= 0.6 is 0 Å². The lowest BCUT2D eigenvalue weighted by Gasteiger charge is -2.28. The van der Waals surface area contributed by atoms with Crippen molar-refractivity contribution in [1.29, 1.82) is 0 Å². The van der Waals surface area contributed by atoms with E-state index >= 15 is 0 Å². The third kappa shape index (κ3) is 8.01. The Kier molecular flexibility index (Phi) is 11.3. The van der Waals surface area contributed by atoms with Crippen molar-refractivity contribution in [2.45, 2.75) is 0 Å². The van der Waals surface area contributed by atoms with Crippen LogP contribution in [0.5, 0.6) is 0 Å². The van der Waals surface area contributed by atoms with Gasteiger partial charge in [0.2, 0.25) is 0 Å². The zero-order valence-corrected chi connectivity index (χ0v) is 42.0. The van der Waals surface area contributed by atoms with Gasteiger partial charge in [0.05, 0.1) is 22.2 Å². The van der Waals surface area contributed by atoms with Gasteiger partial charge >= 0.3 is 0 Å². The fourth-order valence-electron chi connectivity index (χ4n) is 11.5. The van der Waals surface area contributed by atoms with Crippen LogP contribution in [0.15, 0.2) is 297 Å². The molecule has 2 heterocycles. The van der Waals surface area contributed by atoms with Crippen LogP contribution in [0.25, 0.3) is 88.4 Å². The molecule has 0 N–H and O–H groups in total. The number of fused-ring (bicyclic) bond motifs is 6. The van der Waals surface area contributed by atoms with Crippen molar-refractivity contribution in [3.8, 4) is 44.9 Å². The van der Waals surface area contributed by atoms with Crippen LogP contribution in [-0.4, -0.2) is 9.13 Å². The summed E-state index contributed by atoms with van der Waals surface area (Å²) >= 11 is 0. The Morgan fingerprint density at radius 2 is 0.740 bits per heavy atom. The maximum absolute atomic E-state index is 14.7. The van der Waals surface area contributed by atoms with Crippen molar-refractivity contribution in [2.24, 2.45) is 0 Å². The maximum atomic E-state index is 14.7. The number of rotatable bonds is 11. The van der Waals surface area contributed by atoms with Gasteiger partial charge in [-0.3, -0.25) is 0 Å². The average Bonchev–Trinajstić information content (AvgIpc) is 4.13. The molecule has 0 aliphatic rings. The molecule has 364 valence electrons. The van der Waals surface area contributed by atoms with Crippen molar-refractivity contribution in [3.05, 3.63) is 303 Å². The average molecular weight is 989 g/mol. The van der Waals surface area contributed by atoms with E-state index in [9.17, 15) is 4.39 Å². The monoisotopic (exact) mass is 988 g/mol. The molecule has 12 aromatic carbocycles. The molecule has 0 unspecified atom stereocenters. The summed E-state index contributed by atoms with van der Waals surface area (Å²) in [7, 11) is 0. The summed E-state index contributed by atoms with van der Waals surface area (Å²) in [6.45, 7) is 0. The molecule has 0 saturated heterocycles. The molecule has 2 aromatic heterocycles. The van der Waals surface area contributed by atoms with Crippen LogP contribution in [0.4, 0.5) is 38.5 Å². The molecule has 0 radical (unpaired) electrons. The third-order valence-electron chi connectivity index (χ3n) is 14.9. The van der Waals surface area contributed by atoms with Gasteiger partial charge in [-0.05, 0) is 149 Å². The number of anilines is 6. The third-order valence-corrected chi connectivity index (χ3v) is 14.9. The van der Waals surface area contributed by atoms with Crippen molar-refractivity contribution < 1.29 is 4.39 Å². The molecule has 0 bridgehead atoms. The molecule has 0 aliphatic carbocycles. The van der Waals surface area contributed by atoms with Gasteiger partial charge in [-0.25, -0.2) is 4.39 Å². The molecule has 0 spiro atoms. The molecule has 0 aliphatic heterocycles. The molecule has 0 saturated carbocycles. The van der Waals surface area contributed by atoms with Crippen LogP contribution in [0.1, 0.15) is 0 Å². The minimum absolute atomic E-state index is 0.269. The Bertz CT molecular complexity index is 4360. The van der Waals surface area contributed by atoms with Crippen molar-refractivity contribution in [1.82, 2.24) is 9.13 Å². The van der Waals surface area contributed by atoms with Gasteiger partial charge in [0.25, 0.3) is 0 Å². The molecule has 0 atom stereocenters. The highest BCUT2D eigenvalue weighted by molar-refractivity contribution is 6.18. The molecule has 4 nitrogen and oxygen atoms in total. The number of halogens is 1. The first kappa shape index (κ1) is 45.4. The first-order valence-electron chi connectivity index (χ1n) is 26.1. The van der Waals surface area contributed by atoms with E-state index in [-0.39, 0.29) is 5.82 Å². The number of benzene rings is 12. The lowest BCUT2D eigenvalue weighted by atomic mass is 9.94. The first-order valence-corrected chi connectivity index (χ1v) is 26.1.